The Morgan fingerprint density at radius 2 is 1.48 bits per heavy atom. The summed E-state index contributed by atoms with van der Waals surface area (Å²) in [5, 5.41) is 2.91. The predicted molar refractivity (Wildman–Crippen MR) is 95.3 cm³/mol. The maximum atomic E-state index is 2.44. The lowest BCUT2D eigenvalue weighted by atomic mass is 9.85. The summed E-state index contributed by atoms with van der Waals surface area (Å²) in [5.74, 6) is 0.613. The minimum atomic E-state index is 0.613. The second-order valence-corrected chi connectivity index (χ2v) is 6.51. The van der Waals surface area contributed by atoms with Crippen LogP contribution in [-0.4, -0.2) is 0 Å². The highest BCUT2D eigenvalue weighted by Gasteiger charge is 2.14. The van der Waals surface area contributed by atoms with Crippen LogP contribution in [0.2, 0.25) is 0 Å². The first-order valence-electron chi connectivity index (χ1n) is 8.72. The molecule has 0 atom stereocenters. The number of rotatable bonds is 7. The molecular formula is C21H30. The van der Waals surface area contributed by atoms with E-state index in [2.05, 4.69) is 58.0 Å². The number of unbranched alkanes of at least 4 members (excludes halogenated alkanes) is 2. The van der Waals surface area contributed by atoms with E-state index in [1.54, 1.807) is 16.7 Å². The third-order valence-corrected chi connectivity index (χ3v) is 4.49. The first-order chi connectivity index (χ1) is 10.2. The number of hydrogen-bond donors (Lipinski definition) is 0. The van der Waals surface area contributed by atoms with Crippen LogP contribution in [0.15, 0.2) is 30.3 Å². The van der Waals surface area contributed by atoms with Crippen LogP contribution in [0.4, 0.5) is 0 Å². The molecule has 0 bridgehead atoms. The van der Waals surface area contributed by atoms with Gasteiger partial charge in [0, 0.05) is 0 Å². The van der Waals surface area contributed by atoms with Crippen molar-refractivity contribution in [3.05, 3.63) is 47.0 Å². The summed E-state index contributed by atoms with van der Waals surface area (Å²) in [4.78, 5) is 0. The van der Waals surface area contributed by atoms with Crippen molar-refractivity contribution in [2.75, 3.05) is 0 Å². The minimum Gasteiger partial charge on any atom is -0.0654 e. The monoisotopic (exact) mass is 282 g/mol. The zero-order chi connectivity index (χ0) is 15.2. The molecule has 0 saturated carbocycles. The van der Waals surface area contributed by atoms with E-state index in [4.69, 9.17) is 0 Å². The highest BCUT2D eigenvalue weighted by Crippen LogP contribution is 2.32. The van der Waals surface area contributed by atoms with Crippen LogP contribution in [0.5, 0.6) is 0 Å². The fourth-order valence-corrected chi connectivity index (χ4v) is 3.29. The second-order valence-electron chi connectivity index (χ2n) is 6.51. The van der Waals surface area contributed by atoms with E-state index >= 15 is 0 Å². The zero-order valence-corrected chi connectivity index (χ0v) is 14.2. The average molecular weight is 282 g/mol. The molecule has 0 fully saturated rings. The molecule has 21 heavy (non-hydrogen) atoms. The third kappa shape index (κ3) is 3.67. The molecule has 0 saturated heterocycles. The Labute approximate surface area is 130 Å². The fraction of sp³-hybridized carbons (Fsp3) is 0.524. The molecule has 0 heterocycles. The summed E-state index contributed by atoms with van der Waals surface area (Å²) in [5.41, 5.74) is 4.86. The molecule has 0 aliphatic carbocycles. The van der Waals surface area contributed by atoms with Crippen LogP contribution < -0.4 is 0 Å². The van der Waals surface area contributed by atoms with E-state index in [0.29, 0.717) is 5.92 Å². The number of aryl methyl sites for hydroxylation is 1. The van der Waals surface area contributed by atoms with Gasteiger partial charge in [0.2, 0.25) is 0 Å². The van der Waals surface area contributed by atoms with Crippen LogP contribution in [0.25, 0.3) is 10.8 Å². The van der Waals surface area contributed by atoms with Gasteiger partial charge in [0.15, 0.2) is 0 Å². The SMILES string of the molecule is CCCCc1c(C(C)C)cc2ccccc2c1CCCC. The van der Waals surface area contributed by atoms with Crippen molar-refractivity contribution in [2.24, 2.45) is 0 Å². The van der Waals surface area contributed by atoms with Crippen molar-refractivity contribution < 1.29 is 0 Å². The molecular weight excluding hydrogens is 252 g/mol. The van der Waals surface area contributed by atoms with Gasteiger partial charge in [-0.2, -0.15) is 0 Å². The Bertz CT molecular complexity index is 578. The zero-order valence-electron chi connectivity index (χ0n) is 14.2. The van der Waals surface area contributed by atoms with Gasteiger partial charge in [0.1, 0.15) is 0 Å². The summed E-state index contributed by atoms with van der Waals surface area (Å²) in [6.45, 7) is 9.26. The van der Waals surface area contributed by atoms with Crippen LogP contribution >= 0.6 is 0 Å². The van der Waals surface area contributed by atoms with Gasteiger partial charge in [0.05, 0.1) is 0 Å². The fourth-order valence-electron chi connectivity index (χ4n) is 3.29. The molecule has 0 heteroatoms. The minimum absolute atomic E-state index is 0.613. The average Bonchev–Trinajstić information content (AvgIpc) is 2.50. The molecule has 2 aromatic carbocycles. The van der Waals surface area contributed by atoms with E-state index in [9.17, 15) is 0 Å². The molecule has 0 N–H and O–H groups in total. The summed E-state index contributed by atoms with van der Waals surface area (Å²) in [6.07, 6.45) is 7.62. The Morgan fingerprint density at radius 3 is 2.10 bits per heavy atom. The van der Waals surface area contributed by atoms with E-state index in [1.165, 1.54) is 49.3 Å². The maximum Gasteiger partial charge on any atom is -0.0149 e. The molecule has 2 rings (SSSR count). The van der Waals surface area contributed by atoms with Gasteiger partial charge in [-0.15, -0.1) is 0 Å². The lowest BCUT2D eigenvalue weighted by Gasteiger charge is -2.20. The largest absolute Gasteiger partial charge is 0.0654 e. The lowest BCUT2D eigenvalue weighted by molar-refractivity contribution is 0.741. The standard InChI is InChI=1S/C21H30/c1-5-7-12-19-18-14-10-9-11-17(18)15-21(16(3)4)20(19)13-8-6-2/h9-11,14-16H,5-8,12-13H2,1-4H3. The van der Waals surface area contributed by atoms with Crippen molar-refractivity contribution in [3.8, 4) is 0 Å². The first kappa shape index (κ1) is 16.1. The molecule has 0 unspecified atom stereocenters. The Hall–Kier alpha value is -1.30. The van der Waals surface area contributed by atoms with Crippen molar-refractivity contribution in [3.63, 3.8) is 0 Å². The molecule has 0 radical (unpaired) electrons. The molecule has 0 amide bonds. The number of hydrogen-bond acceptors (Lipinski definition) is 0. The Balaban J connectivity index is 2.62. The second kappa shape index (κ2) is 7.64. The molecule has 2 aromatic rings. The van der Waals surface area contributed by atoms with Gasteiger partial charge < -0.3 is 0 Å². The normalized spacial score (nSPS) is 11.5. The van der Waals surface area contributed by atoms with Gasteiger partial charge >= 0.3 is 0 Å². The van der Waals surface area contributed by atoms with Gasteiger partial charge in [-0.25, -0.2) is 0 Å². The van der Waals surface area contributed by atoms with E-state index in [0.717, 1.165) is 0 Å². The van der Waals surface area contributed by atoms with Crippen LogP contribution in [0, 0.1) is 0 Å². The Kier molecular flexibility index (Phi) is 5.85. The number of fused-ring (bicyclic) bond motifs is 1. The van der Waals surface area contributed by atoms with Gasteiger partial charge in [-0.3, -0.25) is 0 Å². The van der Waals surface area contributed by atoms with Gasteiger partial charge in [0.25, 0.3) is 0 Å². The maximum absolute atomic E-state index is 2.44. The smallest absolute Gasteiger partial charge is 0.0149 e. The van der Waals surface area contributed by atoms with Crippen molar-refractivity contribution in [2.45, 2.75) is 72.1 Å². The molecule has 0 spiro atoms. The van der Waals surface area contributed by atoms with Crippen LogP contribution in [-0.2, 0) is 12.8 Å². The highest BCUT2D eigenvalue weighted by molar-refractivity contribution is 5.88. The van der Waals surface area contributed by atoms with E-state index in [-0.39, 0.29) is 0 Å². The van der Waals surface area contributed by atoms with E-state index in [1.807, 2.05) is 0 Å². The molecule has 0 aromatic heterocycles. The number of benzene rings is 2. The summed E-state index contributed by atoms with van der Waals surface area (Å²) in [6, 6.07) is 11.4. The topological polar surface area (TPSA) is 0 Å². The Morgan fingerprint density at radius 1 is 0.857 bits per heavy atom. The van der Waals surface area contributed by atoms with Crippen LogP contribution in [0.1, 0.15) is 76.0 Å². The summed E-state index contributed by atoms with van der Waals surface area (Å²) >= 11 is 0. The molecule has 0 nitrogen and oxygen atoms in total. The van der Waals surface area contributed by atoms with Gasteiger partial charge in [-0.05, 0) is 59.1 Å². The van der Waals surface area contributed by atoms with Crippen molar-refractivity contribution >= 4 is 10.8 Å². The van der Waals surface area contributed by atoms with Crippen LogP contribution in [0.3, 0.4) is 0 Å². The summed E-state index contributed by atoms with van der Waals surface area (Å²) < 4.78 is 0. The quantitative estimate of drug-likeness (QED) is 0.533. The van der Waals surface area contributed by atoms with Gasteiger partial charge in [-0.1, -0.05) is 70.9 Å². The lowest BCUT2D eigenvalue weighted by Crippen LogP contribution is -2.04. The van der Waals surface area contributed by atoms with Crippen molar-refractivity contribution in [1.82, 2.24) is 0 Å². The van der Waals surface area contributed by atoms with E-state index < -0.39 is 0 Å². The van der Waals surface area contributed by atoms with Crippen molar-refractivity contribution in [1.29, 1.82) is 0 Å². The first-order valence-corrected chi connectivity index (χ1v) is 8.72. The summed E-state index contributed by atoms with van der Waals surface area (Å²) in [7, 11) is 0. The predicted octanol–water partition coefficient (Wildman–Crippen LogP) is 6.65. The third-order valence-electron chi connectivity index (χ3n) is 4.49. The molecule has 0 aliphatic rings. The molecule has 0 aliphatic heterocycles. The molecule has 114 valence electrons. The highest BCUT2D eigenvalue weighted by atomic mass is 14.2.